The van der Waals surface area contributed by atoms with Crippen LogP contribution in [-0.4, -0.2) is 47.6 Å². The zero-order valence-electron chi connectivity index (χ0n) is 15.5. The molecule has 1 aromatic heterocycles. The lowest BCUT2D eigenvalue weighted by Crippen LogP contribution is -2.41. The monoisotopic (exact) mass is 341 g/mol. The summed E-state index contributed by atoms with van der Waals surface area (Å²) in [4.78, 5) is 27.1. The zero-order chi connectivity index (χ0) is 18.2. The molecule has 0 saturated carbocycles. The highest BCUT2D eigenvalue weighted by molar-refractivity contribution is 5.91. The quantitative estimate of drug-likeness (QED) is 0.774. The van der Waals surface area contributed by atoms with Gasteiger partial charge in [0.15, 0.2) is 0 Å². The summed E-state index contributed by atoms with van der Waals surface area (Å²) in [7, 11) is 1.81. The normalized spacial score (nSPS) is 10.4. The Hall–Kier alpha value is -2.63. The van der Waals surface area contributed by atoms with Gasteiger partial charge in [-0.15, -0.1) is 0 Å². The average molecular weight is 341 g/mol. The number of benzene rings is 1. The van der Waals surface area contributed by atoms with Crippen LogP contribution in [0.2, 0.25) is 0 Å². The van der Waals surface area contributed by atoms with E-state index in [1.54, 1.807) is 22.2 Å². The van der Waals surface area contributed by atoms with E-state index in [1.165, 1.54) is 0 Å². The molecule has 0 fully saturated rings. The predicted molar refractivity (Wildman–Crippen MR) is 102 cm³/mol. The van der Waals surface area contributed by atoms with Gasteiger partial charge in [-0.2, -0.15) is 0 Å². The molecule has 25 heavy (non-hydrogen) atoms. The molecule has 0 saturated heterocycles. The van der Waals surface area contributed by atoms with E-state index < -0.39 is 0 Å². The van der Waals surface area contributed by atoms with Crippen molar-refractivity contribution in [3.05, 3.63) is 48.3 Å². The van der Waals surface area contributed by atoms with Crippen LogP contribution in [0.3, 0.4) is 0 Å². The molecule has 2 aromatic rings. The fourth-order valence-corrected chi connectivity index (χ4v) is 2.68. The number of rotatable bonds is 7. The Morgan fingerprint density at radius 2 is 1.56 bits per heavy atom. The van der Waals surface area contributed by atoms with E-state index in [4.69, 9.17) is 0 Å². The summed E-state index contributed by atoms with van der Waals surface area (Å²) < 4.78 is 0. The summed E-state index contributed by atoms with van der Waals surface area (Å²) in [6, 6.07) is 9.89. The molecule has 6 nitrogen and oxygen atoms in total. The standard InChI is InChI=1S/C19H27N5O/c1-5-23(6-2)18-20-13-17(14-21-18)24(7-3)19(25)22(4)15-16-11-9-8-10-12-16/h8-14H,5-7,15H2,1-4H3. The molecule has 6 heteroatoms. The number of urea groups is 1. The van der Waals surface area contributed by atoms with E-state index >= 15 is 0 Å². The van der Waals surface area contributed by atoms with Gasteiger partial charge in [0.05, 0.1) is 18.1 Å². The SMILES string of the molecule is CCN(CC)c1ncc(N(CC)C(=O)N(C)Cc2ccccc2)cn1. The minimum atomic E-state index is -0.0643. The second-order valence-electron chi connectivity index (χ2n) is 5.78. The third-order valence-electron chi connectivity index (χ3n) is 4.12. The van der Waals surface area contributed by atoms with E-state index in [1.807, 2.05) is 44.3 Å². The smallest absolute Gasteiger partial charge is 0.324 e. The maximum atomic E-state index is 12.8. The lowest BCUT2D eigenvalue weighted by Gasteiger charge is -2.27. The Morgan fingerprint density at radius 3 is 2.08 bits per heavy atom. The molecule has 0 aliphatic rings. The zero-order valence-corrected chi connectivity index (χ0v) is 15.5. The second kappa shape index (κ2) is 9.01. The molecule has 2 amide bonds. The molecule has 0 aliphatic heterocycles. The summed E-state index contributed by atoms with van der Waals surface area (Å²) in [6.45, 7) is 8.92. The second-order valence-corrected chi connectivity index (χ2v) is 5.78. The number of aromatic nitrogens is 2. The first-order valence-electron chi connectivity index (χ1n) is 8.74. The average Bonchev–Trinajstić information content (AvgIpc) is 2.65. The van der Waals surface area contributed by atoms with Gasteiger partial charge in [-0.3, -0.25) is 4.90 Å². The Kier molecular flexibility index (Phi) is 6.74. The first kappa shape index (κ1) is 18.7. The summed E-state index contributed by atoms with van der Waals surface area (Å²) in [5, 5.41) is 0. The van der Waals surface area contributed by atoms with Crippen LogP contribution < -0.4 is 9.80 Å². The Bertz CT molecular complexity index is 655. The number of anilines is 2. The van der Waals surface area contributed by atoms with Gasteiger partial charge in [-0.1, -0.05) is 30.3 Å². The van der Waals surface area contributed by atoms with Crippen molar-refractivity contribution in [2.24, 2.45) is 0 Å². The molecular formula is C19H27N5O. The highest BCUT2D eigenvalue weighted by Crippen LogP contribution is 2.17. The highest BCUT2D eigenvalue weighted by Gasteiger charge is 2.19. The maximum Gasteiger partial charge on any atom is 0.324 e. The minimum Gasteiger partial charge on any atom is -0.341 e. The molecular weight excluding hydrogens is 314 g/mol. The highest BCUT2D eigenvalue weighted by atomic mass is 16.2. The Balaban J connectivity index is 2.11. The molecule has 0 N–H and O–H groups in total. The summed E-state index contributed by atoms with van der Waals surface area (Å²) in [5.41, 5.74) is 1.81. The van der Waals surface area contributed by atoms with Gasteiger partial charge in [0.2, 0.25) is 5.95 Å². The van der Waals surface area contributed by atoms with Gasteiger partial charge in [-0.05, 0) is 26.3 Å². The van der Waals surface area contributed by atoms with Crippen LogP contribution in [0, 0.1) is 0 Å². The van der Waals surface area contributed by atoms with Gasteiger partial charge in [0.25, 0.3) is 0 Å². The molecule has 0 aliphatic carbocycles. The first-order chi connectivity index (χ1) is 12.1. The van der Waals surface area contributed by atoms with Crippen LogP contribution in [-0.2, 0) is 6.54 Å². The molecule has 0 atom stereocenters. The van der Waals surface area contributed by atoms with Gasteiger partial charge in [0.1, 0.15) is 0 Å². The molecule has 0 unspecified atom stereocenters. The van der Waals surface area contributed by atoms with E-state index in [0.29, 0.717) is 24.7 Å². The summed E-state index contributed by atoms with van der Waals surface area (Å²) in [5.74, 6) is 0.690. The number of hydrogen-bond donors (Lipinski definition) is 0. The topological polar surface area (TPSA) is 52.6 Å². The molecule has 0 spiro atoms. The largest absolute Gasteiger partial charge is 0.341 e. The molecule has 2 rings (SSSR count). The predicted octanol–water partition coefficient (Wildman–Crippen LogP) is 3.40. The van der Waals surface area contributed by atoms with Crippen molar-refractivity contribution in [2.75, 3.05) is 36.5 Å². The number of amides is 2. The van der Waals surface area contributed by atoms with E-state index in [0.717, 1.165) is 18.7 Å². The van der Waals surface area contributed by atoms with Crippen LogP contribution in [0.4, 0.5) is 16.4 Å². The molecule has 0 bridgehead atoms. The van der Waals surface area contributed by atoms with Gasteiger partial charge in [-0.25, -0.2) is 14.8 Å². The van der Waals surface area contributed by atoms with Crippen molar-refractivity contribution >= 4 is 17.7 Å². The van der Waals surface area contributed by atoms with Crippen molar-refractivity contribution in [3.8, 4) is 0 Å². The van der Waals surface area contributed by atoms with Gasteiger partial charge < -0.3 is 9.80 Å². The molecule has 1 aromatic carbocycles. The van der Waals surface area contributed by atoms with Crippen LogP contribution >= 0.6 is 0 Å². The Labute approximate surface area is 150 Å². The molecule has 0 radical (unpaired) electrons. The van der Waals surface area contributed by atoms with Crippen molar-refractivity contribution in [3.63, 3.8) is 0 Å². The van der Waals surface area contributed by atoms with E-state index in [-0.39, 0.29) is 6.03 Å². The maximum absolute atomic E-state index is 12.8. The lowest BCUT2D eigenvalue weighted by atomic mass is 10.2. The lowest BCUT2D eigenvalue weighted by molar-refractivity contribution is 0.214. The van der Waals surface area contributed by atoms with Crippen LogP contribution in [0.1, 0.15) is 26.3 Å². The number of carbonyl (C=O) groups is 1. The third kappa shape index (κ3) is 4.68. The van der Waals surface area contributed by atoms with Crippen molar-refractivity contribution < 1.29 is 4.79 Å². The van der Waals surface area contributed by atoms with Crippen LogP contribution in [0.15, 0.2) is 42.7 Å². The number of hydrogen-bond acceptors (Lipinski definition) is 4. The minimum absolute atomic E-state index is 0.0643. The first-order valence-corrected chi connectivity index (χ1v) is 8.74. The van der Waals surface area contributed by atoms with Crippen LogP contribution in [0.25, 0.3) is 0 Å². The fourth-order valence-electron chi connectivity index (χ4n) is 2.68. The summed E-state index contributed by atoms with van der Waals surface area (Å²) >= 11 is 0. The van der Waals surface area contributed by atoms with Gasteiger partial charge >= 0.3 is 6.03 Å². The summed E-state index contributed by atoms with van der Waals surface area (Å²) in [6.07, 6.45) is 3.44. The van der Waals surface area contributed by atoms with Gasteiger partial charge in [0, 0.05) is 33.2 Å². The van der Waals surface area contributed by atoms with Crippen molar-refractivity contribution in [1.29, 1.82) is 0 Å². The van der Waals surface area contributed by atoms with E-state index in [2.05, 4.69) is 28.7 Å². The van der Waals surface area contributed by atoms with Crippen molar-refractivity contribution in [2.45, 2.75) is 27.3 Å². The fraction of sp³-hybridized carbons (Fsp3) is 0.421. The molecule has 1 heterocycles. The van der Waals surface area contributed by atoms with Crippen molar-refractivity contribution in [1.82, 2.24) is 14.9 Å². The number of nitrogens with zero attached hydrogens (tertiary/aromatic N) is 5. The van der Waals surface area contributed by atoms with Crippen LogP contribution in [0.5, 0.6) is 0 Å². The third-order valence-corrected chi connectivity index (χ3v) is 4.12. The Morgan fingerprint density at radius 1 is 0.960 bits per heavy atom. The number of carbonyl (C=O) groups excluding carboxylic acids is 1. The molecule has 134 valence electrons. The van der Waals surface area contributed by atoms with E-state index in [9.17, 15) is 4.79 Å².